The van der Waals surface area contributed by atoms with E-state index in [9.17, 15) is 0 Å². The van der Waals surface area contributed by atoms with Crippen molar-refractivity contribution in [3.63, 3.8) is 0 Å². The molecule has 0 fully saturated rings. The molecule has 3 nitrogen and oxygen atoms in total. The summed E-state index contributed by atoms with van der Waals surface area (Å²) in [6.45, 7) is 9.44. The highest BCUT2D eigenvalue weighted by Gasteiger charge is 2.27. The Morgan fingerprint density at radius 2 is 1.76 bits per heavy atom. The molecule has 2 aromatic rings. The molecule has 0 aliphatic carbocycles. The van der Waals surface area contributed by atoms with Gasteiger partial charge in [0.05, 0.1) is 6.54 Å². The first-order valence-electron chi connectivity index (χ1n) is 7.39. The quantitative estimate of drug-likeness (QED) is 0.875. The van der Waals surface area contributed by atoms with Crippen molar-refractivity contribution in [2.45, 2.75) is 46.9 Å². The zero-order valence-electron chi connectivity index (χ0n) is 13.3. The van der Waals surface area contributed by atoms with E-state index < -0.39 is 0 Å². The van der Waals surface area contributed by atoms with Crippen LogP contribution in [0.3, 0.4) is 0 Å². The van der Waals surface area contributed by atoms with Crippen LogP contribution in [0.25, 0.3) is 0 Å². The minimum atomic E-state index is -0.0551. The third-order valence-electron chi connectivity index (χ3n) is 3.72. The molecular formula is C18H25NO2. The SMILES string of the molecule is Cc1ccccc1[C@H](NCc1ccc(CO)o1)C(C)(C)C. The minimum Gasteiger partial charge on any atom is -0.462 e. The number of aryl methyl sites for hydroxylation is 1. The Balaban J connectivity index is 2.16. The second-order valence-corrected chi connectivity index (χ2v) is 6.56. The van der Waals surface area contributed by atoms with Gasteiger partial charge in [0.15, 0.2) is 0 Å². The Hall–Kier alpha value is -1.58. The summed E-state index contributed by atoms with van der Waals surface area (Å²) < 4.78 is 5.55. The lowest BCUT2D eigenvalue weighted by Crippen LogP contribution is -2.32. The lowest BCUT2D eigenvalue weighted by Gasteiger charge is -2.33. The molecule has 114 valence electrons. The molecular weight excluding hydrogens is 262 g/mol. The topological polar surface area (TPSA) is 45.4 Å². The third-order valence-corrected chi connectivity index (χ3v) is 3.72. The second-order valence-electron chi connectivity index (χ2n) is 6.56. The van der Waals surface area contributed by atoms with Crippen LogP contribution in [0.1, 0.15) is 49.5 Å². The highest BCUT2D eigenvalue weighted by Crippen LogP contribution is 2.34. The van der Waals surface area contributed by atoms with E-state index in [1.165, 1.54) is 11.1 Å². The predicted molar refractivity (Wildman–Crippen MR) is 84.8 cm³/mol. The molecule has 21 heavy (non-hydrogen) atoms. The zero-order valence-corrected chi connectivity index (χ0v) is 13.3. The maximum atomic E-state index is 9.06. The summed E-state index contributed by atoms with van der Waals surface area (Å²) in [5.41, 5.74) is 2.71. The van der Waals surface area contributed by atoms with Crippen molar-refractivity contribution in [2.75, 3.05) is 0 Å². The predicted octanol–water partition coefficient (Wildman–Crippen LogP) is 3.96. The normalized spacial score (nSPS) is 13.4. The van der Waals surface area contributed by atoms with Crippen LogP contribution in [-0.2, 0) is 13.2 Å². The third kappa shape index (κ3) is 3.96. The van der Waals surface area contributed by atoms with Gasteiger partial charge in [-0.3, -0.25) is 0 Å². The van der Waals surface area contributed by atoms with E-state index in [1.54, 1.807) is 0 Å². The van der Waals surface area contributed by atoms with E-state index in [2.05, 4.69) is 57.3 Å². The number of aliphatic hydroxyl groups excluding tert-OH is 1. The van der Waals surface area contributed by atoms with Crippen LogP contribution < -0.4 is 5.32 Å². The average molecular weight is 287 g/mol. The number of rotatable bonds is 5. The maximum Gasteiger partial charge on any atom is 0.129 e. The van der Waals surface area contributed by atoms with Gasteiger partial charge in [-0.15, -0.1) is 0 Å². The average Bonchev–Trinajstić information content (AvgIpc) is 2.87. The molecule has 0 saturated carbocycles. The maximum absolute atomic E-state index is 9.06. The summed E-state index contributed by atoms with van der Waals surface area (Å²) in [5.74, 6) is 1.46. The van der Waals surface area contributed by atoms with Crippen LogP contribution >= 0.6 is 0 Å². The van der Waals surface area contributed by atoms with Crippen molar-refractivity contribution < 1.29 is 9.52 Å². The molecule has 0 bridgehead atoms. The fourth-order valence-electron chi connectivity index (χ4n) is 2.60. The van der Waals surface area contributed by atoms with Gasteiger partial charge < -0.3 is 14.8 Å². The fourth-order valence-corrected chi connectivity index (χ4v) is 2.60. The molecule has 2 N–H and O–H groups in total. The van der Waals surface area contributed by atoms with E-state index in [1.807, 2.05) is 12.1 Å². The van der Waals surface area contributed by atoms with Gasteiger partial charge in [-0.25, -0.2) is 0 Å². The van der Waals surface area contributed by atoms with Crippen LogP contribution in [-0.4, -0.2) is 5.11 Å². The molecule has 1 heterocycles. The lowest BCUT2D eigenvalue weighted by atomic mass is 9.81. The van der Waals surface area contributed by atoms with Crippen molar-refractivity contribution in [3.05, 3.63) is 59.0 Å². The Labute approximate surface area is 127 Å². The molecule has 1 aromatic carbocycles. The first-order valence-corrected chi connectivity index (χ1v) is 7.39. The monoisotopic (exact) mass is 287 g/mol. The minimum absolute atomic E-state index is 0.0551. The van der Waals surface area contributed by atoms with Crippen molar-refractivity contribution in [1.82, 2.24) is 5.32 Å². The molecule has 1 aromatic heterocycles. The summed E-state index contributed by atoms with van der Waals surface area (Å²) in [4.78, 5) is 0. The summed E-state index contributed by atoms with van der Waals surface area (Å²) in [6, 6.07) is 12.4. The Morgan fingerprint density at radius 3 is 2.33 bits per heavy atom. The number of furan rings is 1. The number of hydrogen-bond acceptors (Lipinski definition) is 3. The van der Waals surface area contributed by atoms with Gasteiger partial charge in [-0.05, 0) is 35.6 Å². The molecule has 1 atom stereocenters. The van der Waals surface area contributed by atoms with Gasteiger partial charge in [0.1, 0.15) is 18.1 Å². The van der Waals surface area contributed by atoms with Gasteiger partial charge >= 0.3 is 0 Å². The smallest absolute Gasteiger partial charge is 0.129 e. The molecule has 0 unspecified atom stereocenters. The summed E-state index contributed by atoms with van der Waals surface area (Å²) in [5, 5.41) is 12.7. The highest BCUT2D eigenvalue weighted by atomic mass is 16.4. The number of hydrogen-bond donors (Lipinski definition) is 2. The Bertz CT molecular complexity index is 581. The highest BCUT2D eigenvalue weighted by molar-refractivity contribution is 5.30. The Kier molecular flexibility index (Phi) is 4.86. The van der Waals surface area contributed by atoms with E-state index in [0.717, 1.165) is 5.76 Å². The first kappa shape index (κ1) is 15.8. The molecule has 3 heteroatoms. The molecule has 0 saturated heterocycles. The van der Waals surface area contributed by atoms with Crippen molar-refractivity contribution in [1.29, 1.82) is 0 Å². The van der Waals surface area contributed by atoms with Crippen molar-refractivity contribution in [3.8, 4) is 0 Å². The van der Waals surface area contributed by atoms with E-state index in [-0.39, 0.29) is 18.1 Å². The van der Waals surface area contributed by atoms with E-state index in [0.29, 0.717) is 12.3 Å². The summed E-state index contributed by atoms with van der Waals surface area (Å²) >= 11 is 0. The van der Waals surface area contributed by atoms with Crippen molar-refractivity contribution in [2.24, 2.45) is 5.41 Å². The standard InChI is InChI=1S/C18H25NO2/c1-13-7-5-6-8-16(13)17(18(2,3)4)19-11-14-9-10-15(12-20)21-14/h5-10,17,19-20H,11-12H2,1-4H3/t17-/m0/s1. The molecule has 0 amide bonds. The second kappa shape index (κ2) is 6.46. The van der Waals surface area contributed by atoms with Crippen LogP contribution in [0.15, 0.2) is 40.8 Å². The summed E-state index contributed by atoms with van der Waals surface area (Å²) in [7, 11) is 0. The van der Waals surface area contributed by atoms with Gasteiger partial charge in [-0.1, -0.05) is 45.0 Å². The van der Waals surface area contributed by atoms with Gasteiger partial charge in [0.2, 0.25) is 0 Å². The lowest BCUT2D eigenvalue weighted by molar-refractivity contribution is 0.236. The van der Waals surface area contributed by atoms with E-state index >= 15 is 0 Å². The van der Waals surface area contributed by atoms with Crippen LogP contribution in [0.2, 0.25) is 0 Å². The molecule has 0 aliphatic heterocycles. The Morgan fingerprint density at radius 1 is 1.10 bits per heavy atom. The van der Waals surface area contributed by atoms with Crippen molar-refractivity contribution >= 4 is 0 Å². The van der Waals surface area contributed by atoms with Crippen LogP contribution in [0, 0.1) is 12.3 Å². The van der Waals surface area contributed by atoms with Crippen LogP contribution in [0.5, 0.6) is 0 Å². The molecule has 0 radical (unpaired) electrons. The van der Waals surface area contributed by atoms with E-state index in [4.69, 9.17) is 9.52 Å². The molecule has 2 rings (SSSR count). The van der Waals surface area contributed by atoms with Crippen LogP contribution in [0.4, 0.5) is 0 Å². The first-order chi connectivity index (χ1) is 9.91. The zero-order chi connectivity index (χ0) is 15.5. The summed E-state index contributed by atoms with van der Waals surface area (Å²) in [6.07, 6.45) is 0. The van der Waals surface area contributed by atoms with Gasteiger partial charge in [0.25, 0.3) is 0 Å². The number of aliphatic hydroxyl groups is 1. The number of benzene rings is 1. The fraction of sp³-hybridized carbons (Fsp3) is 0.444. The number of nitrogens with one attached hydrogen (secondary N) is 1. The van der Waals surface area contributed by atoms with Gasteiger partial charge in [0, 0.05) is 6.04 Å². The largest absolute Gasteiger partial charge is 0.462 e. The molecule has 0 aliphatic rings. The molecule has 0 spiro atoms. The van der Waals surface area contributed by atoms with Gasteiger partial charge in [-0.2, -0.15) is 0 Å².